The van der Waals surface area contributed by atoms with Gasteiger partial charge in [0.2, 0.25) is 6.29 Å². The number of rotatable bonds is 3. The van der Waals surface area contributed by atoms with Crippen LogP contribution in [0.4, 0.5) is 11.4 Å². The largest absolute Gasteiger partial charge is 0.289 e. The summed E-state index contributed by atoms with van der Waals surface area (Å²) >= 11 is 0. The van der Waals surface area contributed by atoms with Gasteiger partial charge in [-0.1, -0.05) is 30.3 Å². The van der Waals surface area contributed by atoms with Crippen LogP contribution in [0.25, 0.3) is 0 Å². The zero-order valence-corrected chi connectivity index (χ0v) is 13.5. The highest BCUT2D eigenvalue weighted by Crippen LogP contribution is 2.31. The van der Waals surface area contributed by atoms with Crippen molar-refractivity contribution in [3.8, 4) is 0 Å². The van der Waals surface area contributed by atoms with Gasteiger partial charge < -0.3 is 0 Å². The Labute approximate surface area is 144 Å². The van der Waals surface area contributed by atoms with E-state index in [1.807, 2.05) is 54.4 Å². The molecule has 2 aliphatic rings. The van der Waals surface area contributed by atoms with Crippen LogP contribution in [0.2, 0.25) is 0 Å². The molecule has 0 fully saturated rings. The molecule has 7 nitrogen and oxygen atoms in total. The lowest BCUT2D eigenvalue weighted by atomic mass is 10.2. The normalized spacial score (nSPS) is 18.7. The van der Waals surface area contributed by atoms with Crippen LogP contribution in [-0.4, -0.2) is 27.7 Å². The lowest BCUT2D eigenvalue weighted by molar-refractivity contribution is -0.384. The van der Waals surface area contributed by atoms with Crippen LogP contribution < -0.4 is 5.01 Å². The van der Waals surface area contributed by atoms with Crippen molar-refractivity contribution in [3.05, 3.63) is 82.6 Å². The minimum absolute atomic E-state index is 0.0512. The highest BCUT2D eigenvalue weighted by atomic mass is 16.6. The molecule has 2 aromatic carbocycles. The number of hydrogen-bond donors (Lipinski definition) is 0. The molecule has 0 saturated carbocycles. The van der Waals surface area contributed by atoms with E-state index in [0.29, 0.717) is 0 Å². The first-order valence-corrected chi connectivity index (χ1v) is 7.82. The number of hydrazone groups is 1. The van der Waals surface area contributed by atoms with Crippen LogP contribution in [0.5, 0.6) is 0 Å². The third-order valence-corrected chi connectivity index (χ3v) is 4.07. The number of nitrogens with zero attached hydrogens (tertiary/aromatic N) is 5. The Morgan fingerprint density at radius 2 is 1.80 bits per heavy atom. The molecule has 0 aliphatic carbocycles. The maximum atomic E-state index is 10.9. The summed E-state index contributed by atoms with van der Waals surface area (Å²) in [6.45, 7) is 1.93. The second kappa shape index (κ2) is 5.86. The number of nitro benzene ring substituents is 1. The minimum atomic E-state index is -0.412. The van der Waals surface area contributed by atoms with Gasteiger partial charge >= 0.3 is 0 Å². The van der Waals surface area contributed by atoms with Crippen LogP contribution in [0.3, 0.4) is 0 Å². The topological polar surface area (TPSA) is 74.3 Å². The van der Waals surface area contributed by atoms with Crippen molar-refractivity contribution < 1.29 is 4.92 Å². The smallest absolute Gasteiger partial charge is 0.269 e. The van der Waals surface area contributed by atoms with Crippen molar-refractivity contribution in [1.82, 2.24) is 4.90 Å². The monoisotopic (exact) mass is 333 g/mol. The average molecular weight is 333 g/mol. The van der Waals surface area contributed by atoms with Gasteiger partial charge in [0.15, 0.2) is 5.84 Å². The van der Waals surface area contributed by atoms with Gasteiger partial charge in [-0.2, -0.15) is 0 Å². The summed E-state index contributed by atoms with van der Waals surface area (Å²) in [7, 11) is 0. The summed E-state index contributed by atoms with van der Waals surface area (Å²) in [6, 6.07) is 16.2. The lowest BCUT2D eigenvalue weighted by Gasteiger charge is -2.28. The van der Waals surface area contributed by atoms with Crippen molar-refractivity contribution >= 4 is 22.9 Å². The average Bonchev–Trinajstić information content (AvgIpc) is 3.01. The highest BCUT2D eigenvalue weighted by Gasteiger charge is 2.35. The fourth-order valence-corrected chi connectivity index (χ4v) is 2.82. The minimum Gasteiger partial charge on any atom is -0.289 e. The molecule has 124 valence electrons. The zero-order chi connectivity index (χ0) is 17.4. The van der Waals surface area contributed by atoms with E-state index in [4.69, 9.17) is 5.10 Å². The summed E-state index contributed by atoms with van der Waals surface area (Å²) in [5.74, 6) is 0.788. The second-order valence-electron chi connectivity index (χ2n) is 5.75. The van der Waals surface area contributed by atoms with Gasteiger partial charge in [0.25, 0.3) is 5.69 Å². The Bertz CT molecular complexity index is 903. The van der Waals surface area contributed by atoms with Crippen LogP contribution in [0.15, 0.2) is 77.0 Å². The molecule has 0 saturated heterocycles. The summed E-state index contributed by atoms with van der Waals surface area (Å²) in [6.07, 6.45) is 3.57. The van der Waals surface area contributed by atoms with E-state index >= 15 is 0 Å². The lowest BCUT2D eigenvalue weighted by Crippen LogP contribution is -2.40. The predicted octanol–water partition coefficient (Wildman–Crippen LogP) is 3.35. The second-order valence-corrected chi connectivity index (χ2v) is 5.75. The van der Waals surface area contributed by atoms with Crippen molar-refractivity contribution in [3.63, 3.8) is 0 Å². The number of amidine groups is 1. The number of hydrogen-bond acceptors (Lipinski definition) is 6. The third-order valence-electron chi connectivity index (χ3n) is 4.07. The molecular formula is C18H15N5O2. The fourth-order valence-electron chi connectivity index (χ4n) is 2.82. The Morgan fingerprint density at radius 1 is 1.08 bits per heavy atom. The summed E-state index contributed by atoms with van der Waals surface area (Å²) in [5, 5.41) is 17.4. The first-order chi connectivity index (χ1) is 12.1. The number of non-ortho nitro benzene ring substituents is 1. The number of aliphatic imine (C=N–C) groups is 1. The summed E-state index contributed by atoms with van der Waals surface area (Å²) < 4.78 is 0. The first kappa shape index (κ1) is 15.1. The zero-order valence-electron chi connectivity index (χ0n) is 13.5. The molecule has 7 heteroatoms. The van der Waals surface area contributed by atoms with Crippen LogP contribution in [-0.2, 0) is 0 Å². The number of allylic oxidation sites excluding steroid dienone is 1. The Balaban J connectivity index is 1.76. The molecule has 0 spiro atoms. The van der Waals surface area contributed by atoms with E-state index in [-0.39, 0.29) is 12.0 Å². The Hall–Kier alpha value is -3.48. The maximum absolute atomic E-state index is 10.9. The molecule has 2 aromatic rings. The van der Waals surface area contributed by atoms with Crippen molar-refractivity contribution in [2.45, 2.75) is 13.2 Å². The van der Waals surface area contributed by atoms with Gasteiger partial charge in [-0.05, 0) is 25.1 Å². The van der Waals surface area contributed by atoms with Gasteiger partial charge in [-0.25, -0.2) is 10.0 Å². The van der Waals surface area contributed by atoms with Gasteiger partial charge in [-0.3, -0.25) is 15.0 Å². The van der Waals surface area contributed by atoms with Crippen LogP contribution in [0.1, 0.15) is 12.5 Å². The van der Waals surface area contributed by atoms with Crippen LogP contribution >= 0.6 is 0 Å². The molecule has 0 radical (unpaired) electrons. The third kappa shape index (κ3) is 2.65. The standard InChI is InChI=1S/C18H15N5O2/c1-13-11-12-21-17(14-5-3-2-4-6-14)20-22(18(21)19-13)15-7-9-16(10-8-15)23(24)25/h2-12,18H,1H3. The van der Waals surface area contributed by atoms with E-state index in [1.165, 1.54) is 12.1 Å². The highest BCUT2D eigenvalue weighted by molar-refractivity contribution is 6.04. The molecular weight excluding hydrogens is 318 g/mol. The van der Waals surface area contributed by atoms with Gasteiger partial charge in [0, 0.05) is 29.6 Å². The van der Waals surface area contributed by atoms with Gasteiger partial charge in [0.1, 0.15) is 0 Å². The SMILES string of the molecule is CC1=NC2N(C=C1)C(c1ccccc1)=NN2c1ccc([N+](=O)[O-])cc1. The van der Waals surface area contributed by atoms with Crippen LogP contribution in [0, 0.1) is 10.1 Å². The number of anilines is 1. The van der Waals surface area contributed by atoms with Crippen molar-refractivity contribution in [1.29, 1.82) is 0 Å². The number of fused-ring (bicyclic) bond motifs is 1. The van der Waals surface area contributed by atoms with Crippen molar-refractivity contribution in [2.75, 3.05) is 5.01 Å². The van der Waals surface area contributed by atoms with Gasteiger partial charge in [-0.15, -0.1) is 5.10 Å². The predicted molar refractivity (Wildman–Crippen MR) is 96.4 cm³/mol. The van der Waals surface area contributed by atoms with E-state index in [1.54, 1.807) is 17.1 Å². The molecule has 2 aliphatic heterocycles. The molecule has 1 unspecified atom stereocenters. The Kier molecular flexibility index (Phi) is 3.53. The van der Waals surface area contributed by atoms with E-state index < -0.39 is 4.92 Å². The fraction of sp³-hybridized carbons (Fsp3) is 0.111. The molecule has 25 heavy (non-hydrogen) atoms. The molecule has 0 N–H and O–H groups in total. The van der Waals surface area contributed by atoms with Crippen molar-refractivity contribution in [2.24, 2.45) is 10.1 Å². The molecule has 4 rings (SSSR count). The summed E-state index contributed by atoms with van der Waals surface area (Å²) in [5.41, 5.74) is 2.68. The van der Waals surface area contributed by atoms with E-state index in [2.05, 4.69) is 4.99 Å². The quantitative estimate of drug-likeness (QED) is 0.638. The summed E-state index contributed by atoms with van der Waals surface area (Å²) in [4.78, 5) is 17.1. The van der Waals surface area contributed by atoms with E-state index in [0.717, 1.165) is 22.8 Å². The maximum Gasteiger partial charge on any atom is 0.269 e. The van der Waals surface area contributed by atoms with E-state index in [9.17, 15) is 10.1 Å². The molecule has 0 bridgehead atoms. The first-order valence-electron chi connectivity index (χ1n) is 7.82. The molecule has 1 atom stereocenters. The molecule has 2 heterocycles. The molecule has 0 amide bonds. The number of nitro groups is 1. The molecule has 0 aromatic heterocycles. The van der Waals surface area contributed by atoms with Gasteiger partial charge in [0.05, 0.1) is 10.6 Å². The number of benzene rings is 2. The Morgan fingerprint density at radius 3 is 2.48 bits per heavy atom.